The number of rotatable bonds is 3. The highest BCUT2D eigenvalue weighted by Crippen LogP contribution is 2.11. The highest BCUT2D eigenvalue weighted by Gasteiger charge is 2.12. The summed E-state index contributed by atoms with van der Waals surface area (Å²) < 4.78 is 13.8. The van der Waals surface area contributed by atoms with Crippen LogP contribution in [0.2, 0.25) is 0 Å². The smallest absolute Gasteiger partial charge is 0.256 e. The molecule has 1 aromatic heterocycles. The Morgan fingerprint density at radius 1 is 1.22 bits per heavy atom. The molecular weight excluding hydrogens is 299 g/mol. The number of nitrogens with zero attached hydrogens (tertiary/aromatic N) is 1. The van der Waals surface area contributed by atoms with Gasteiger partial charge in [-0.2, -0.15) is 4.39 Å². The molecule has 0 atom stereocenters. The van der Waals surface area contributed by atoms with Crippen molar-refractivity contribution in [2.24, 2.45) is 0 Å². The Bertz CT molecular complexity index is 560. The first kappa shape index (κ1) is 12.7. The van der Waals surface area contributed by atoms with Gasteiger partial charge >= 0.3 is 0 Å². The predicted molar refractivity (Wildman–Crippen MR) is 69.5 cm³/mol. The zero-order valence-corrected chi connectivity index (χ0v) is 10.9. The number of halogens is 2. The molecule has 2 rings (SSSR count). The van der Waals surface area contributed by atoms with Gasteiger partial charge < -0.3 is 5.32 Å². The average molecular weight is 309 g/mol. The van der Waals surface area contributed by atoms with Crippen molar-refractivity contribution in [2.75, 3.05) is 0 Å². The fourth-order valence-corrected chi connectivity index (χ4v) is 1.74. The van der Waals surface area contributed by atoms with Gasteiger partial charge in [-0.1, -0.05) is 30.3 Å². The predicted octanol–water partition coefficient (Wildman–Crippen LogP) is 2.91. The first-order chi connectivity index (χ1) is 8.66. The molecule has 0 aliphatic heterocycles. The summed E-state index contributed by atoms with van der Waals surface area (Å²) in [5, 5.41) is 2.64. The lowest BCUT2D eigenvalue weighted by Crippen LogP contribution is -2.24. The number of hydrogen-bond acceptors (Lipinski definition) is 2. The van der Waals surface area contributed by atoms with Crippen LogP contribution in [0.1, 0.15) is 15.9 Å². The van der Waals surface area contributed by atoms with Crippen molar-refractivity contribution < 1.29 is 9.18 Å². The molecule has 0 unspecified atom stereocenters. The van der Waals surface area contributed by atoms with E-state index >= 15 is 0 Å². The van der Waals surface area contributed by atoms with Crippen molar-refractivity contribution >= 4 is 21.8 Å². The Kier molecular flexibility index (Phi) is 4.04. The molecule has 1 heterocycles. The molecule has 0 radical (unpaired) electrons. The lowest BCUT2D eigenvalue weighted by Gasteiger charge is -2.05. The number of nitrogens with one attached hydrogen (secondary N) is 1. The van der Waals surface area contributed by atoms with E-state index in [9.17, 15) is 9.18 Å². The topological polar surface area (TPSA) is 42.0 Å². The minimum Gasteiger partial charge on any atom is -0.348 e. The Balaban J connectivity index is 2.04. The summed E-state index contributed by atoms with van der Waals surface area (Å²) in [5.74, 6) is -1.26. The van der Waals surface area contributed by atoms with Gasteiger partial charge in [0.1, 0.15) is 4.60 Å². The molecule has 0 bridgehead atoms. The van der Waals surface area contributed by atoms with Crippen molar-refractivity contribution in [1.29, 1.82) is 0 Å². The molecule has 2 aromatic rings. The molecule has 18 heavy (non-hydrogen) atoms. The third-order valence-electron chi connectivity index (χ3n) is 2.36. The van der Waals surface area contributed by atoms with Crippen LogP contribution in [0.3, 0.4) is 0 Å². The first-order valence-electron chi connectivity index (χ1n) is 5.31. The van der Waals surface area contributed by atoms with Crippen LogP contribution in [0.5, 0.6) is 0 Å². The Labute approximate surface area is 112 Å². The number of carbonyl (C=O) groups excluding carboxylic acids is 1. The van der Waals surface area contributed by atoms with E-state index in [4.69, 9.17) is 0 Å². The fraction of sp³-hybridized carbons (Fsp3) is 0.0769. The molecule has 0 saturated carbocycles. The third kappa shape index (κ3) is 3.13. The van der Waals surface area contributed by atoms with E-state index < -0.39 is 11.9 Å². The molecule has 0 aliphatic rings. The molecule has 92 valence electrons. The fourth-order valence-electron chi connectivity index (χ4n) is 1.45. The van der Waals surface area contributed by atoms with E-state index in [-0.39, 0.29) is 5.56 Å². The van der Waals surface area contributed by atoms with Crippen LogP contribution in [0.15, 0.2) is 47.1 Å². The lowest BCUT2D eigenvalue weighted by molar-refractivity contribution is 0.0946. The molecule has 5 heteroatoms. The van der Waals surface area contributed by atoms with Crippen LogP contribution in [0.25, 0.3) is 0 Å². The van der Waals surface area contributed by atoms with Crippen LogP contribution >= 0.6 is 15.9 Å². The molecule has 0 saturated heterocycles. The number of aromatic nitrogens is 1. The second-order valence-electron chi connectivity index (χ2n) is 3.64. The minimum atomic E-state index is -0.782. The van der Waals surface area contributed by atoms with Gasteiger partial charge in [0.05, 0.1) is 5.56 Å². The number of carbonyl (C=O) groups is 1. The van der Waals surface area contributed by atoms with Crippen molar-refractivity contribution in [2.45, 2.75) is 6.54 Å². The lowest BCUT2D eigenvalue weighted by atomic mass is 10.2. The zero-order valence-electron chi connectivity index (χ0n) is 9.36. The Morgan fingerprint density at radius 2 is 1.94 bits per heavy atom. The van der Waals surface area contributed by atoms with Crippen molar-refractivity contribution in [1.82, 2.24) is 10.3 Å². The maximum absolute atomic E-state index is 13.4. The van der Waals surface area contributed by atoms with Gasteiger partial charge in [0.15, 0.2) is 0 Å². The van der Waals surface area contributed by atoms with Gasteiger partial charge in [-0.15, -0.1) is 0 Å². The van der Waals surface area contributed by atoms with Crippen LogP contribution in [-0.4, -0.2) is 10.9 Å². The van der Waals surface area contributed by atoms with E-state index in [1.807, 2.05) is 30.3 Å². The van der Waals surface area contributed by atoms with Gasteiger partial charge in [0, 0.05) is 6.54 Å². The highest BCUT2D eigenvalue weighted by atomic mass is 79.9. The largest absolute Gasteiger partial charge is 0.348 e. The minimum absolute atomic E-state index is 0.0610. The average Bonchev–Trinajstić information content (AvgIpc) is 2.37. The van der Waals surface area contributed by atoms with E-state index in [0.29, 0.717) is 11.1 Å². The molecular formula is C13H10BrFN2O. The number of benzene rings is 1. The van der Waals surface area contributed by atoms with Crippen molar-refractivity contribution in [3.63, 3.8) is 0 Å². The molecule has 0 spiro atoms. The maximum atomic E-state index is 13.4. The second kappa shape index (κ2) is 5.73. The summed E-state index contributed by atoms with van der Waals surface area (Å²) >= 11 is 3.04. The zero-order chi connectivity index (χ0) is 13.0. The van der Waals surface area contributed by atoms with E-state index in [1.165, 1.54) is 12.1 Å². The molecule has 1 aromatic carbocycles. The summed E-state index contributed by atoms with van der Waals surface area (Å²) in [5.41, 5.74) is 0.894. The summed E-state index contributed by atoms with van der Waals surface area (Å²) in [6.45, 7) is 0.356. The normalized spacial score (nSPS) is 10.1. The van der Waals surface area contributed by atoms with Crippen molar-refractivity contribution in [3.05, 3.63) is 64.1 Å². The second-order valence-corrected chi connectivity index (χ2v) is 4.45. The van der Waals surface area contributed by atoms with E-state index in [0.717, 1.165) is 5.56 Å². The molecule has 3 nitrogen and oxygen atoms in total. The number of amides is 1. The first-order valence-corrected chi connectivity index (χ1v) is 6.10. The molecule has 0 fully saturated rings. The molecule has 1 N–H and O–H groups in total. The van der Waals surface area contributed by atoms with Crippen LogP contribution < -0.4 is 5.32 Å². The van der Waals surface area contributed by atoms with E-state index in [1.54, 1.807) is 0 Å². The SMILES string of the molecule is O=C(NCc1ccccc1)c1ccc(Br)nc1F. The Hall–Kier alpha value is -1.75. The summed E-state index contributed by atoms with van der Waals surface area (Å²) in [7, 11) is 0. The maximum Gasteiger partial charge on any atom is 0.256 e. The van der Waals surface area contributed by atoms with Gasteiger partial charge in [-0.25, -0.2) is 4.98 Å². The monoisotopic (exact) mass is 308 g/mol. The molecule has 1 amide bonds. The highest BCUT2D eigenvalue weighted by molar-refractivity contribution is 9.10. The van der Waals surface area contributed by atoms with Gasteiger partial charge in [-0.3, -0.25) is 4.79 Å². The summed E-state index contributed by atoms with van der Waals surface area (Å²) in [6.07, 6.45) is 0. The third-order valence-corrected chi connectivity index (χ3v) is 2.80. The van der Waals surface area contributed by atoms with E-state index in [2.05, 4.69) is 26.2 Å². The standard InChI is InChI=1S/C13H10BrFN2O/c14-11-7-6-10(12(15)17-11)13(18)16-8-9-4-2-1-3-5-9/h1-7H,8H2,(H,16,18). The van der Waals surface area contributed by atoms with Gasteiger partial charge in [-0.05, 0) is 33.6 Å². The quantitative estimate of drug-likeness (QED) is 0.886. The Morgan fingerprint density at radius 3 is 2.61 bits per heavy atom. The van der Waals surface area contributed by atoms with Gasteiger partial charge in [0.25, 0.3) is 5.91 Å². The number of pyridine rings is 1. The van der Waals surface area contributed by atoms with Crippen molar-refractivity contribution in [3.8, 4) is 0 Å². The summed E-state index contributed by atoms with van der Waals surface area (Å²) in [4.78, 5) is 15.3. The van der Waals surface area contributed by atoms with Crippen LogP contribution in [0.4, 0.5) is 4.39 Å². The number of hydrogen-bond donors (Lipinski definition) is 1. The summed E-state index contributed by atoms with van der Waals surface area (Å²) in [6, 6.07) is 12.3. The van der Waals surface area contributed by atoms with Crippen LogP contribution in [-0.2, 0) is 6.54 Å². The van der Waals surface area contributed by atoms with Crippen LogP contribution in [0, 0.1) is 5.95 Å². The van der Waals surface area contributed by atoms with Gasteiger partial charge in [0.2, 0.25) is 5.95 Å². The molecule has 0 aliphatic carbocycles.